The van der Waals surface area contributed by atoms with Crippen LogP contribution in [0.4, 0.5) is 0 Å². The molecule has 3 atom stereocenters. The Balaban J connectivity index is 4.76. The lowest BCUT2D eigenvalue weighted by Gasteiger charge is -2.34. The lowest BCUT2D eigenvalue weighted by Crippen LogP contribution is -2.45. The standard InChI is InChI=1S/C13H26O3/c1-8(12(2,3)4)9(14)10(15)11(16)13(5,6)7/h8-9,11,14,16H,1-7H3/t8-,9?,11?/m0/s1. The van der Waals surface area contributed by atoms with Crippen LogP contribution in [0.2, 0.25) is 0 Å². The highest BCUT2D eigenvalue weighted by atomic mass is 16.3. The molecule has 16 heavy (non-hydrogen) atoms. The maximum absolute atomic E-state index is 11.9. The van der Waals surface area contributed by atoms with Gasteiger partial charge in [-0.2, -0.15) is 0 Å². The first kappa shape index (κ1) is 15.6. The van der Waals surface area contributed by atoms with Gasteiger partial charge in [0.25, 0.3) is 0 Å². The molecule has 0 saturated heterocycles. The zero-order valence-corrected chi connectivity index (χ0v) is 11.5. The number of carbonyl (C=O) groups is 1. The molecule has 0 fully saturated rings. The van der Waals surface area contributed by atoms with Crippen LogP contribution < -0.4 is 0 Å². The lowest BCUT2D eigenvalue weighted by atomic mass is 9.74. The first-order valence-electron chi connectivity index (χ1n) is 5.79. The first-order chi connectivity index (χ1) is 6.89. The van der Waals surface area contributed by atoms with E-state index in [1.54, 1.807) is 20.8 Å². The number of aliphatic hydroxyl groups excluding tert-OH is 2. The summed E-state index contributed by atoms with van der Waals surface area (Å²) in [5, 5.41) is 19.8. The van der Waals surface area contributed by atoms with E-state index in [0.717, 1.165) is 0 Å². The van der Waals surface area contributed by atoms with Crippen LogP contribution in [0.25, 0.3) is 0 Å². The Labute approximate surface area is 98.9 Å². The summed E-state index contributed by atoms with van der Waals surface area (Å²) in [4.78, 5) is 11.9. The second-order valence-electron chi connectivity index (χ2n) is 6.77. The summed E-state index contributed by atoms with van der Waals surface area (Å²) in [6.07, 6.45) is -2.22. The summed E-state index contributed by atoms with van der Waals surface area (Å²) in [5.74, 6) is -0.660. The summed E-state index contributed by atoms with van der Waals surface area (Å²) in [6.45, 7) is 13.1. The molecule has 0 aliphatic rings. The van der Waals surface area contributed by atoms with Crippen LogP contribution >= 0.6 is 0 Å². The van der Waals surface area contributed by atoms with Crippen molar-refractivity contribution in [3.05, 3.63) is 0 Å². The molecule has 0 amide bonds. The van der Waals surface area contributed by atoms with Crippen LogP contribution in [-0.2, 0) is 4.79 Å². The second kappa shape index (κ2) is 4.84. The van der Waals surface area contributed by atoms with Crippen molar-refractivity contribution in [2.45, 2.75) is 60.7 Å². The van der Waals surface area contributed by atoms with E-state index in [1.807, 2.05) is 27.7 Å². The fourth-order valence-electron chi connectivity index (χ4n) is 1.31. The Hall–Kier alpha value is -0.410. The molecule has 0 heterocycles. The predicted octanol–water partition coefficient (Wildman–Crippen LogP) is 2.01. The molecule has 0 aromatic rings. The van der Waals surface area contributed by atoms with Crippen LogP contribution in [-0.4, -0.2) is 28.2 Å². The zero-order valence-electron chi connectivity index (χ0n) is 11.5. The Morgan fingerprint density at radius 3 is 1.56 bits per heavy atom. The first-order valence-corrected chi connectivity index (χ1v) is 5.79. The smallest absolute Gasteiger partial charge is 0.190 e. The number of aliphatic hydroxyl groups is 2. The maximum Gasteiger partial charge on any atom is 0.190 e. The number of rotatable bonds is 3. The van der Waals surface area contributed by atoms with Gasteiger partial charge in [0.2, 0.25) is 0 Å². The minimum atomic E-state index is -1.12. The second-order valence-corrected chi connectivity index (χ2v) is 6.77. The average Bonchev–Trinajstić information content (AvgIpc) is 2.10. The van der Waals surface area contributed by atoms with Crippen LogP contribution in [0.1, 0.15) is 48.5 Å². The molecule has 0 radical (unpaired) electrons. The third kappa shape index (κ3) is 3.87. The maximum atomic E-state index is 11.9. The van der Waals surface area contributed by atoms with Gasteiger partial charge in [-0.3, -0.25) is 4.79 Å². The fraction of sp³-hybridized carbons (Fsp3) is 0.923. The molecule has 0 rings (SSSR count). The average molecular weight is 230 g/mol. The van der Waals surface area contributed by atoms with Gasteiger partial charge >= 0.3 is 0 Å². The van der Waals surface area contributed by atoms with Crippen molar-refractivity contribution >= 4 is 5.78 Å². The van der Waals surface area contributed by atoms with Gasteiger partial charge in [-0.05, 0) is 16.7 Å². The van der Waals surface area contributed by atoms with E-state index in [-0.39, 0.29) is 11.3 Å². The molecule has 0 spiro atoms. The van der Waals surface area contributed by atoms with E-state index in [4.69, 9.17) is 0 Å². The number of hydrogen-bond acceptors (Lipinski definition) is 3. The number of carbonyl (C=O) groups excluding carboxylic acids is 1. The normalized spacial score (nSPS) is 19.1. The van der Waals surface area contributed by atoms with Gasteiger partial charge in [0, 0.05) is 0 Å². The molecule has 0 aromatic carbocycles. The van der Waals surface area contributed by atoms with Crippen LogP contribution in [0.15, 0.2) is 0 Å². The fourth-order valence-corrected chi connectivity index (χ4v) is 1.31. The van der Waals surface area contributed by atoms with Gasteiger partial charge in [0.1, 0.15) is 12.2 Å². The molecule has 0 aliphatic carbocycles. The van der Waals surface area contributed by atoms with Crippen molar-refractivity contribution in [2.24, 2.45) is 16.7 Å². The number of ketones is 1. The zero-order chi connectivity index (χ0) is 13.3. The van der Waals surface area contributed by atoms with Crippen molar-refractivity contribution in [1.82, 2.24) is 0 Å². The van der Waals surface area contributed by atoms with Crippen molar-refractivity contribution in [3.63, 3.8) is 0 Å². The summed E-state index contributed by atoms with van der Waals surface area (Å²) >= 11 is 0. The van der Waals surface area contributed by atoms with Gasteiger partial charge in [-0.1, -0.05) is 48.5 Å². The Morgan fingerprint density at radius 1 is 0.938 bits per heavy atom. The van der Waals surface area contributed by atoms with Gasteiger partial charge in [-0.25, -0.2) is 0 Å². The van der Waals surface area contributed by atoms with E-state index in [2.05, 4.69) is 0 Å². The molecule has 0 aromatic heterocycles. The molecule has 3 nitrogen and oxygen atoms in total. The largest absolute Gasteiger partial charge is 0.385 e. The third-order valence-electron chi connectivity index (χ3n) is 3.22. The minimum Gasteiger partial charge on any atom is -0.385 e. The summed E-state index contributed by atoms with van der Waals surface area (Å²) in [7, 11) is 0. The summed E-state index contributed by atoms with van der Waals surface area (Å²) in [6, 6.07) is 0. The highest BCUT2D eigenvalue weighted by Gasteiger charge is 2.38. The van der Waals surface area contributed by atoms with Crippen LogP contribution in [0.5, 0.6) is 0 Å². The van der Waals surface area contributed by atoms with Gasteiger partial charge in [0.15, 0.2) is 5.78 Å². The number of hydrogen-bond donors (Lipinski definition) is 2. The molecule has 96 valence electrons. The van der Waals surface area contributed by atoms with Gasteiger partial charge < -0.3 is 10.2 Å². The molecule has 0 saturated carbocycles. The Bertz CT molecular complexity index is 245. The highest BCUT2D eigenvalue weighted by molar-refractivity contribution is 5.87. The quantitative estimate of drug-likeness (QED) is 0.779. The van der Waals surface area contributed by atoms with E-state index < -0.39 is 23.4 Å². The Kier molecular flexibility index (Phi) is 4.72. The SMILES string of the molecule is C[C@@H](C(O)C(=O)C(O)C(C)(C)C)C(C)(C)C. The summed E-state index contributed by atoms with van der Waals surface area (Å²) in [5.41, 5.74) is -0.692. The topological polar surface area (TPSA) is 57.5 Å². The van der Waals surface area contributed by atoms with Crippen LogP contribution in [0, 0.1) is 16.7 Å². The van der Waals surface area contributed by atoms with Crippen molar-refractivity contribution in [1.29, 1.82) is 0 Å². The molecular formula is C13H26O3. The van der Waals surface area contributed by atoms with Crippen molar-refractivity contribution < 1.29 is 15.0 Å². The van der Waals surface area contributed by atoms with Gasteiger partial charge in [0.05, 0.1) is 0 Å². The van der Waals surface area contributed by atoms with E-state index in [0.29, 0.717) is 0 Å². The predicted molar refractivity (Wildman–Crippen MR) is 65.1 cm³/mol. The summed E-state index contributed by atoms with van der Waals surface area (Å²) < 4.78 is 0. The van der Waals surface area contributed by atoms with E-state index in [9.17, 15) is 15.0 Å². The van der Waals surface area contributed by atoms with E-state index in [1.165, 1.54) is 0 Å². The monoisotopic (exact) mass is 230 g/mol. The molecule has 0 aliphatic heterocycles. The van der Waals surface area contributed by atoms with Gasteiger partial charge in [-0.15, -0.1) is 0 Å². The third-order valence-corrected chi connectivity index (χ3v) is 3.22. The molecule has 0 bridgehead atoms. The molecule has 2 N–H and O–H groups in total. The van der Waals surface area contributed by atoms with E-state index >= 15 is 0 Å². The number of Topliss-reactive ketones (excluding diaryl/α,β-unsaturated/α-hetero) is 1. The van der Waals surface area contributed by atoms with Crippen molar-refractivity contribution in [2.75, 3.05) is 0 Å². The highest BCUT2D eigenvalue weighted by Crippen LogP contribution is 2.30. The Morgan fingerprint density at radius 2 is 1.31 bits per heavy atom. The molecular weight excluding hydrogens is 204 g/mol. The van der Waals surface area contributed by atoms with Crippen LogP contribution in [0.3, 0.4) is 0 Å². The lowest BCUT2D eigenvalue weighted by molar-refractivity contribution is -0.145. The van der Waals surface area contributed by atoms with Crippen molar-refractivity contribution in [3.8, 4) is 0 Å². The molecule has 3 heteroatoms. The minimum absolute atomic E-state index is 0.160. The molecule has 2 unspecified atom stereocenters.